The third-order valence-corrected chi connectivity index (χ3v) is 5.09. The Morgan fingerprint density at radius 3 is 2.55 bits per heavy atom. The number of nitrogens with zero attached hydrogens (tertiary/aromatic N) is 2. The quantitative estimate of drug-likeness (QED) is 0.782. The summed E-state index contributed by atoms with van der Waals surface area (Å²) >= 11 is 0. The summed E-state index contributed by atoms with van der Waals surface area (Å²) in [5.41, 5.74) is 0.138. The Labute approximate surface area is 167 Å². The van der Waals surface area contributed by atoms with Crippen LogP contribution in [0.3, 0.4) is 0 Å². The molecule has 1 N–H and O–H groups in total. The minimum atomic E-state index is -4.40. The number of ether oxygens (including phenoxy) is 2. The van der Waals surface area contributed by atoms with Crippen molar-refractivity contribution in [3.63, 3.8) is 0 Å². The van der Waals surface area contributed by atoms with Gasteiger partial charge in [-0.05, 0) is 50.8 Å². The van der Waals surface area contributed by atoms with Crippen molar-refractivity contribution in [3.8, 4) is 6.01 Å². The number of carbonyl (C=O) groups excluding carboxylic acids is 1. The fourth-order valence-corrected chi connectivity index (χ4v) is 3.59. The zero-order valence-corrected chi connectivity index (χ0v) is 16.8. The molecule has 0 unspecified atom stereocenters. The van der Waals surface area contributed by atoms with Crippen LogP contribution in [0.5, 0.6) is 6.01 Å². The van der Waals surface area contributed by atoms with Crippen molar-refractivity contribution in [2.75, 3.05) is 6.61 Å². The second kappa shape index (κ2) is 8.61. The van der Waals surface area contributed by atoms with Crippen LogP contribution in [0.15, 0.2) is 18.2 Å². The molecule has 1 amide bonds. The van der Waals surface area contributed by atoms with Crippen LogP contribution in [0.1, 0.15) is 45.1 Å². The molecule has 3 rings (SSSR count). The first-order chi connectivity index (χ1) is 13.6. The Morgan fingerprint density at radius 2 is 1.93 bits per heavy atom. The van der Waals surface area contributed by atoms with Gasteiger partial charge in [0.15, 0.2) is 0 Å². The van der Waals surface area contributed by atoms with Crippen molar-refractivity contribution >= 4 is 16.9 Å². The maximum absolute atomic E-state index is 12.9. The summed E-state index contributed by atoms with van der Waals surface area (Å²) in [5, 5.41) is 2.79. The van der Waals surface area contributed by atoms with Gasteiger partial charge >= 0.3 is 6.18 Å². The Kier molecular flexibility index (Phi) is 6.36. The molecular formula is C20H26F3N3O3. The Hall–Kier alpha value is -2.29. The van der Waals surface area contributed by atoms with E-state index in [9.17, 15) is 18.0 Å². The van der Waals surface area contributed by atoms with Gasteiger partial charge in [0.1, 0.15) is 6.10 Å². The zero-order valence-electron chi connectivity index (χ0n) is 16.8. The molecule has 1 aromatic heterocycles. The number of aromatic nitrogens is 2. The lowest BCUT2D eigenvalue weighted by Crippen LogP contribution is -2.37. The van der Waals surface area contributed by atoms with Crippen molar-refractivity contribution in [1.29, 1.82) is 0 Å². The summed E-state index contributed by atoms with van der Waals surface area (Å²) in [7, 11) is 1.73. The number of halogens is 3. The fraction of sp³-hybridized carbons (Fsp3) is 0.600. The highest BCUT2D eigenvalue weighted by Gasteiger charge is 2.31. The Morgan fingerprint density at radius 1 is 1.28 bits per heavy atom. The number of aryl methyl sites for hydroxylation is 1. The van der Waals surface area contributed by atoms with Gasteiger partial charge in [0.2, 0.25) is 5.91 Å². The van der Waals surface area contributed by atoms with Gasteiger partial charge in [-0.1, -0.05) is 0 Å². The lowest BCUT2D eigenvalue weighted by atomic mass is 9.95. The van der Waals surface area contributed by atoms with Crippen molar-refractivity contribution in [2.24, 2.45) is 7.05 Å². The van der Waals surface area contributed by atoms with Crippen molar-refractivity contribution in [2.45, 2.75) is 64.0 Å². The van der Waals surface area contributed by atoms with E-state index >= 15 is 0 Å². The number of alkyl halides is 3. The van der Waals surface area contributed by atoms with Crippen molar-refractivity contribution < 1.29 is 27.4 Å². The van der Waals surface area contributed by atoms with E-state index in [1.54, 1.807) is 11.6 Å². The molecule has 160 valence electrons. The molecule has 1 aromatic carbocycles. The van der Waals surface area contributed by atoms with Gasteiger partial charge in [0.05, 0.1) is 29.3 Å². The van der Waals surface area contributed by atoms with E-state index in [0.717, 1.165) is 37.8 Å². The van der Waals surface area contributed by atoms with E-state index in [1.165, 1.54) is 13.0 Å². The molecule has 1 aliphatic carbocycles. The van der Waals surface area contributed by atoms with Crippen LogP contribution in [0.4, 0.5) is 13.2 Å². The Balaban J connectivity index is 1.55. The van der Waals surface area contributed by atoms with Gasteiger partial charge in [-0.25, -0.2) is 0 Å². The van der Waals surface area contributed by atoms with Gasteiger partial charge in [-0.2, -0.15) is 18.2 Å². The topological polar surface area (TPSA) is 65.4 Å². The van der Waals surface area contributed by atoms with Gasteiger partial charge in [-0.15, -0.1) is 0 Å². The molecule has 0 radical (unpaired) electrons. The third-order valence-electron chi connectivity index (χ3n) is 5.09. The van der Waals surface area contributed by atoms with E-state index in [2.05, 4.69) is 10.3 Å². The number of imidazole rings is 1. The van der Waals surface area contributed by atoms with E-state index < -0.39 is 11.7 Å². The molecule has 0 bridgehead atoms. The molecule has 0 saturated heterocycles. The molecule has 2 aromatic rings. The predicted molar refractivity (Wildman–Crippen MR) is 102 cm³/mol. The minimum Gasteiger partial charge on any atom is -0.461 e. The smallest absolute Gasteiger partial charge is 0.416 e. The Bertz CT molecular complexity index is 858. The molecule has 0 aliphatic heterocycles. The maximum atomic E-state index is 12.9. The van der Waals surface area contributed by atoms with Gasteiger partial charge in [-0.3, -0.25) is 9.36 Å². The molecule has 0 spiro atoms. The van der Waals surface area contributed by atoms with Crippen molar-refractivity contribution in [3.05, 3.63) is 23.8 Å². The molecule has 1 fully saturated rings. The molecule has 1 atom stereocenters. The number of hydrogen-bond acceptors (Lipinski definition) is 4. The van der Waals surface area contributed by atoms with Crippen LogP contribution >= 0.6 is 0 Å². The van der Waals surface area contributed by atoms with Crippen LogP contribution in [0.2, 0.25) is 0 Å². The molecule has 1 heterocycles. The highest BCUT2D eigenvalue weighted by Crippen LogP contribution is 2.33. The SMILES string of the molecule is CC(=O)N[C@@H](C)CO[C@H]1CC[C@H](Oc2nc3cc(C(F)(F)F)ccc3n2C)CC1. The highest BCUT2D eigenvalue weighted by molar-refractivity contribution is 5.77. The lowest BCUT2D eigenvalue weighted by Gasteiger charge is -2.29. The van der Waals surface area contributed by atoms with Crippen LogP contribution in [-0.2, 0) is 22.8 Å². The van der Waals surface area contributed by atoms with E-state index in [4.69, 9.17) is 9.47 Å². The number of amides is 1. The lowest BCUT2D eigenvalue weighted by molar-refractivity contribution is -0.137. The monoisotopic (exact) mass is 413 g/mol. The summed E-state index contributed by atoms with van der Waals surface area (Å²) < 4.78 is 52.2. The summed E-state index contributed by atoms with van der Waals surface area (Å²) in [6.07, 6.45) is -1.16. The number of rotatable bonds is 6. The van der Waals surface area contributed by atoms with Gasteiger partial charge < -0.3 is 14.8 Å². The first kappa shape index (κ1) is 21.4. The maximum Gasteiger partial charge on any atom is 0.416 e. The average Bonchev–Trinajstić information content (AvgIpc) is 2.95. The standard InChI is InChI=1S/C20H26F3N3O3/c1-12(24-13(2)27)11-28-15-5-7-16(8-6-15)29-19-25-17-10-14(20(21,22)23)4-9-18(17)26(19)3/h4,9-10,12,15-16H,5-8,11H2,1-3H3,(H,24,27)/t12-,15-,16-/m0/s1. The van der Waals surface area contributed by atoms with Crippen LogP contribution in [0, 0.1) is 0 Å². The summed E-state index contributed by atoms with van der Waals surface area (Å²) in [5.74, 6) is -0.0805. The average molecular weight is 413 g/mol. The summed E-state index contributed by atoms with van der Waals surface area (Å²) in [6.45, 7) is 3.83. The second-order valence-corrected chi connectivity index (χ2v) is 7.61. The minimum absolute atomic E-state index is 0.0388. The number of hydrogen-bond donors (Lipinski definition) is 1. The number of nitrogens with one attached hydrogen (secondary N) is 1. The van der Waals surface area contributed by atoms with E-state index in [0.29, 0.717) is 18.1 Å². The number of carbonyl (C=O) groups is 1. The largest absolute Gasteiger partial charge is 0.461 e. The first-order valence-electron chi connectivity index (χ1n) is 9.72. The third kappa shape index (κ3) is 5.41. The zero-order chi connectivity index (χ0) is 21.2. The number of fused-ring (bicyclic) bond motifs is 1. The molecule has 9 heteroatoms. The van der Waals surface area contributed by atoms with Gasteiger partial charge in [0.25, 0.3) is 6.01 Å². The summed E-state index contributed by atoms with van der Waals surface area (Å²) in [4.78, 5) is 15.3. The highest BCUT2D eigenvalue weighted by atomic mass is 19.4. The van der Waals surface area contributed by atoms with E-state index in [1.807, 2.05) is 6.92 Å². The van der Waals surface area contributed by atoms with Gasteiger partial charge in [0, 0.05) is 20.0 Å². The molecule has 1 aliphatic rings. The van der Waals surface area contributed by atoms with Crippen LogP contribution in [0.25, 0.3) is 11.0 Å². The van der Waals surface area contributed by atoms with Crippen LogP contribution in [-0.4, -0.2) is 40.3 Å². The summed E-state index contributed by atoms with van der Waals surface area (Å²) in [6, 6.07) is 3.80. The molecule has 6 nitrogen and oxygen atoms in total. The molecule has 29 heavy (non-hydrogen) atoms. The molecular weight excluding hydrogens is 387 g/mol. The van der Waals surface area contributed by atoms with E-state index in [-0.39, 0.29) is 29.7 Å². The van der Waals surface area contributed by atoms with Crippen molar-refractivity contribution in [1.82, 2.24) is 14.9 Å². The predicted octanol–water partition coefficient (Wildman–Crippen LogP) is 3.82. The fourth-order valence-electron chi connectivity index (χ4n) is 3.59. The van der Waals surface area contributed by atoms with Crippen LogP contribution < -0.4 is 10.1 Å². The first-order valence-corrected chi connectivity index (χ1v) is 9.72. The molecule has 1 saturated carbocycles. The second-order valence-electron chi connectivity index (χ2n) is 7.61. The normalized spacial score (nSPS) is 21.2. The number of benzene rings is 1.